The summed E-state index contributed by atoms with van der Waals surface area (Å²) in [6, 6.07) is 8.16. The minimum Gasteiger partial charge on any atom is -0.476 e. The Labute approximate surface area is 135 Å². The van der Waals surface area contributed by atoms with E-state index in [-0.39, 0.29) is 11.7 Å². The molecule has 2 aromatic rings. The average molecular weight is 367 g/mol. The summed E-state index contributed by atoms with van der Waals surface area (Å²) in [5, 5.41) is 8.90. The second-order valence-electron chi connectivity index (χ2n) is 5.05. The fraction of sp³-hybridized carbons (Fsp3) is 0.333. The van der Waals surface area contributed by atoms with Crippen LogP contribution in [0.25, 0.3) is 0 Å². The van der Waals surface area contributed by atoms with E-state index in [4.69, 9.17) is 14.3 Å². The smallest absolute Gasteiger partial charge is 0.357 e. The number of nitrogens with zero attached hydrogens (tertiary/aromatic N) is 2. The summed E-state index contributed by atoms with van der Waals surface area (Å²) in [5.74, 6) is -0.681. The Morgan fingerprint density at radius 2 is 2.36 bits per heavy atom. The standard InChI is InChI=1S/C15H15BrN2O4/c16-11-3-1-2-10(6-11)13-9-21-5-4-18(13)7-14-17-12(8-22-14)15(19)20/h1-3,6,8,13H,4-5,7,9H2,(H,19,20). The third-order valence-corrected chi connectivity index (χ3v) is 4.08. The average Bonchev–Trinajstić information content (AvgIpc) is 2.97. The van der Waals surface area contributed by atoms with E-state index in [0.29, 0.717) is 25.6 Å². The highest BCUT2D eigenvalue weighted by Gasteiger charge is 2.26. The monoisotopic (exact) mass is 366 g/mol. The van der Waals surface area contributed by atoms with Crippen molar-refractivity contribution >= 4 is 21.9 Å². The quantitative estimate of drug-likeness (QED) is 0.896. The van der Waals surface area contributed by atoms with E-state index in [1.165, 1.54) is 6.26 Å². The summed E-state index contributed by atoms with van der Waals surface area (Å²) in [6.45, 7) is 2.41. The number of benzene rings is 1. The van der Waals surface area contributed by atoms with Crippen molar-refractivity contribution in [2.45, 2.75) is 12.6 Å². The number of carboxylic acid groups (broad SMARTS) is 1. The molecule has 116 valence electrons. The Kier molecular flexibility index (Phi) is 4.56. The van der Waals surface area contributed by atoms with Crippen molar-refractivity contribution in [3.05, 3.63) is 52.1 Å². The van der Waals surface area contributed by atoms with Gasteiger partial charge in [-0.05, 0) is 17.7 Å². The van der Waals surface area contributed by atoms with Crippen molar-refractivity contribution in [1.82, 2.24) is 9.88 Å². The molecule has 0 bridgehead atoms. The van der Waals surface area contributed by atoms with Gasteiger partial charge in [-0.25, -0.2) is 9.78 Å². The lowest BCUT2D eigenvalue weighted by Crippen LogP contribution is -2.39. The number of hydrogen-bond acceptors (Lipinski definition) is 5. The highest BCUT2D eigenvalue weighted by Crippen LogP contribution is 2.27. The van der Waals surface area contributed by atoms with Crippen LogP contribution in [0.15, 0.2) is 39.4 Å². The predicted octanol–water partition coefficient (Wildman–Crippen LogP) is 2.71. The van der Waals surface area contributed by atoms with Crippen molar-refractivity contribution < 1.29 is 19.1 Å². The third kappa shape index (κ3) is 3.37. The molecule has 0 spiro atoms. The van der Waals surface area contributed by atoms with Gasteiger partial charge in [0.1, 0.15) is 6.26 Å². The second-order valence-corrected chi connectivity index (χ2v) is 5.96. The van der Waals surface area contributed by atoms with Gasteiger partial charge in [-0.3, -0.25) is 4.90 Å². The number of carboxylic acids is 1. The summed E-state index contributed by atoms with van der Waals surface area (Å²) in [6.07, 6.45) is 1.17. The first-order valence-corrected chi connectivity index (χ1v) is 7.68. The SMILES string of the molecule is O=C(O)c1coc(CN2CCOCC2c2cccc(Br)c2)n1. The van der Waals surface area contributed by atoms with Crippen molar-refractivity contribution in [3.8, 4) is 0 Å². The maximum absolute atomic E-state index is 10.9. The molecule has 1 aliphatic heterocycles. The van der Waals surface area contributed by atoms with E-state index in [1.807, 2.05) is 12.1 Å². The molecule has 0 radical (unpaired) electrons. The van der Waals surface area contributed by atoms with Crippen LogP contribution in [0.5, 0.6) is 0 Å². The molecule has 6 nitrogen and oxygen atoms in total. The van der Waals surface area contributed by atoms with E-state index in [0.717, 1.165) is 16.6 Å². The van der Waals surface area contributed by atoms with Gasteiger partial charge in [0.2, 0.25) is 5.89 Å². The third-order valence-electron chi connectivity index (χ3n) is 3.58. The minimum atomic E-state index is -1.08. The van der Waals surface area contributed by atoms with Crippen LogP contribution >= 0.6 is 15.9 Å². The first-order valence-electron chi connectivity index (χ1n) is 6.88. The predicted molar refractivity (Wildman–Crippen MR) is 81.6 cm³/mol. The van der Waals surface area contributed by atoms with E-state index < -0.39 is 5.97 Å². The maximum atomic E-state index is 10.9. The molecule has 1 N–H and O–H groups in total. The zero-order chi connectivity index (χ0) is 15.5. The molecule has 0 aliphatic carbocycles. The first kappa shape index (κ1) is 15.2. The lowest BCUT2D eigenvalue weighted by atomic mass is 10.1. The number of morpholine rings is 1. The lowest BCUT2D eigenvalue weighted by molar-refractivity contribution is -0.0161. The summed E-state index contributed by atoms with van der Waals surface area (Å²) >= 11 is 3.48. The molecule has 0 saturated carbocycles. The molecule has 1 unspecified atom stereocenters. The Hall–Kier alpha value is -1.70. The Balaban J connectivity index is 1.78. The van der Waals surface area contributed by atoms with E-state index in [1.54, 1.807) is 0 Å². The van der Waals surface area contributed by atoms with Crippen LogP contribution in [-0.4, -0.2) is 40.7 Å². The summed E-state index contributed by atoms with van der Waals surface area (Å²) in [7, 11) is 0. The molecular formula is C15H15BrN2O4. The van der Waals surface area contributed by atoms with E-state index >= 15 is 0 Å². The van der Waals surface area contributed by atoms with Crippen LogP contribution in [0.4, 0.5) is 0 Å². The molecule has 1 aromatic carbocycles. The Morgan fingerprint density at radius 3 is 3.09 bits per heavy atom. The van der Waals surface area contributed by atoms with Gasteiger partial charge in [0.15, 0.2) is 5.69 Å². The fourth-order valence-electron chi connectivity index (χ4n) is 2.50. The van der Waals surface area contributed by atoms with Gasteiger partial charge in [-0.1, -0.05) is 28.1 Å². The molecule has 1 aromatic heterocycles. The maximum Gasteiger partial charge on any atom is 0.357 e. The summed E-state index contributed by atoms with van der Waals surface area (Å²) < 4.78 is 11.9. The lowest BCUT2D eigenvalue weighted by Gasteiger charge is -2.35. The Bertz CT molecular complexity index is 673. The molecule has 1 saturated heterocycles. The second kappa shape index (κ2) is 6.60. The highest BCUT2D eigenvalue weighted by molar-refractivity contribution is 9.10. The van der Waals surface area contributed by atoms with Gasteiger partial charge < -0.3 is 14.3 Å². The number of oxazole rings is 1. The zero-order valence-corrected chi connectivity index (χ0v) is 13.3. The van der Waals surface area contributed by atoms with Crippen LogP contribution in [-0.2, 0) is 11.3 Å². The molecule has 1 atom stereocenters. The normalized spacial score (nSPS) is 19.2. The largest absolute Gasteiger partial charge is 0.476 e. The van der Waals surface area contributed by atoms with E-state index in [2.05, 4.69) is 37.9 Å². The van der Waals surface area contributed by atoms with Gasteiger partial charge in [0.25, 0.3) is 0 Å². The molecule has 1 fully saturated rings. The van der Waals surface area contributed by atoms with Gasteiger partial charge >= 0.3 is 5.97 Å². The van der Waals surface area contributed by atoms with Crippen LogP contribution < -0.4 is 0 Å². The number of rotatable bonds is 4. The first-order chi connectivity index (χ1) is 10.6. The van der Waals surface area contributed by atoms with Crippen LogP contribution in [0, 0.1) is 0 Å². The van der Waals surface area contributed by atoms with Gasteiger partial charge in [-0.15, -0.1) is 0 Å². The Morgan fingerprint density at radius 1 is 1.50 bits per heavy atom. The summed E-state index contributed by atoms with van der Waals surface area (Å²) in [4.78, 5) is 17.0. The van der Waals surface area contributed by atoms with Gasteiger partial charge in [-0.2, -0.15) is 0 Å². The number of hydrogen-bond donors (Lipinski definition) is 1. The van der Waals surface area contributed by atoms with Crippen molar-refractivity contribution in [2.75, 3.05) is 19.8 Å². The topological polar surface area (TPSA) is 75.8 Å². The molecule has 3 rings (SSSR count). The number of ether oxygens (including phenoxy) is 1. The van der Waals surface area contributed by atoms with Crippen molar-refractivity contribution in [3.63, 3.8) is 0 Å². The van der Waals surface area contributed by atoms with Crippen LogP contribution in [0.1, 0.15) is 28.0 Å². The van der Waals surface area contributed by atoms with Crippen LogP contribution in [0.2, 0.25) is 0 Å². The fourth-order valence-corrected chi connectivity index (χ4v) is 2.92. The summed E-state index contributed by atoms with van der Waals surface area (Å²) in [5.41, 5.74) is 1.07. The number of aromatic carboxylic acids is 1. The number of carbonyl (C=O) groups is 1. The van der Waals surface area contributed by atoms with E-state index in [9.17, 15) is 4.79 Å². The van der Waals surface area contributed by atoms with Crippen molar-refractivity contribution in [2.24, 2.45) is 0 Å². The van der Waals surface area contributed by atoms with Crippen molar-refractivity contribution in [1.29, 1.82) is 0 Å². The molecule has 22 heavy (non-hydrogen) atoms. The van der Waals surface area contributed by atoms with Gasteiger partial charge in [0, 0.05) is 11.0 Å². The molecule has 2 heterocycles. The number of aromatic nitrogens is 1. The molecule has 1 aliphatic rings. The van der Waals surface area contributed by atoms with Crippen LogP contribution in [0.3, 0.4) is 0 Å². The molecule has 0 amide bonds. The number of halogens is 1. The highest BCUT2D eigenvalue weighted by atomic mass is 79.9. The molecular weight excluding hydrogens is 352 g/mol. The van der Waals surface area contributed by atoms with Gasteiger partial charge in [0.05, 0.1) is 25.8 Å². The minimum absolute atomic E-state index is 0.0673. The molecule has 7 heteroatoms. The zero-order valence-electron chi connectivity index (χ0n) is 11.7.